The number of methoxy groups -OCH3 is 2. The summed E-state index contributed by atoms with van der Waals surface area (Å²) in [5, 5.41) is 3.38. The standard InChI is InChI=1S/C25H24N4O5/c1-4-34-24(31)21-15-29(17-8-6-5-7-9-17)23-20(22(21)30)14-27-25(28-23)26-13-16-10-18(32-2)12-19(11-16)33-3/h5-12,14-15H,4,13H2,1-3H3,(H,26,27,28). The molecule has 0 amide bonds. The summed E-state index contributed by atoms with van der Waals surface area (Å²) in [6.45, 7) is 2.25. The lowest BCUT2D eigenvalue weighted by Gasteiger charge is -2.14. The van der Waals surface area contributed by atoms with E-state index in [1.807, 2.05) is 42.5 Å². The number of rotatable bonds is 8. The summed E-state index contributed by atoms with van der Waals surface area (Å²) < 4.78 is 17.4. The predicted molar refractivity (Wildman–Crippen MR) is 128 cm³/mol. The van der Waals surface area contributed by atoms with Crippen molar-refractivity contribution in [3.63, 3.8) is 0 Å². The Kier molecular flexibility index (Phi) is 6.72. The van der Waals surface area contributed by atoms with Crippen LogP contribution in [0.1, 0.15) is 22.8 Å². The highest BCUT2D eigenvalue weighted by Crippen LogP contribution is 2.23. The maximum Gasteiger partial charge on any atom is 0.343 e. The molecule has 2 aromatic carbocycles. The second kappa shape index (κ2) is 10.0. The van der Waals surface area contributed by atoms with E-state index in [0.717, 1.165) is 11.3 Å². The lowest BCUT2D eigenvalue weighted by molar-refractivity contribution is 0.0524. The average Bonchev–Trinajstić information content (AvgIpc) is 2.88. The fourth-order valence-corrected chi connectivity index (χ4v) is 3.48. The van der Waals surface area contributed by atoms with Crippen LogP contribution in [0.4, 0.5) is 5.95 Å². The van der Waals surface area contributed by atoms with Gasteiger partial charge in [-0.05, 0) is 36.8 Å². The van der Waals surface area contributed by atoms with E-state index in [4.69, 9.17) is 14.2 Å². The van der Waals surface area contributed by atoms with Gasteiger partial charge in [0.2, 0.25) is 11.4 Å². The molecule has 1 N–H and O–H groups in total. The molecule has 9 heteroatoms. The van der Waals surface area contributed by atoms with E-state index in [1.54, 1.807) is 31.8 Å². The fourth-order valence-electron chi connectivity index (χ4n) is 3.48. The summed E-state index contributed by atoms with van der Waals surface area (Å²) in [4.78, 5) is 34.3. The van der Waals surface area contributed by atoms with Gasteiger partial charge in [-0.1, -0.05) is 18.2 Å². The zero-order chi connectivity index (χ0) is 24.1. The second-order valence-electron chi connectivity index (χ2n) is 7.30. The molecule has 0 bridgehead atoms. The highest BCUT2D eigenvalue weighted by molar-refractivity contribution is 5.93. The van der Waals surface area contributed by atoms with Crippen molar-refractivity contribution < 1.29 is 19.0 Å². The normalized spacial score (nSPS) is 10.7. The number of aromatic nitrogens is 3. The molecular formula is C25H24N4O5. The minimum atomic E-state index is -0.687. The molecule has 34 heavy (non-hydrogen) atoms. The molecule has 9 nitrogen and oxygen atoms in total. The molecule has 0 saturated heterocycles. The molecule has 2 aromatic heterocycles. The first-order valence-corrected chi connectivity index (χ1v) is 10.6. The number of hydrogen-bond acceptors (Lipinski definition) is 8. The molecule has 0 saturated carbocycles. The molecule has 0 aliphatic rings. The topological polar surface area (TPSA) is 105 Å². The third-order valence-corrected chi connectivity index (χ3v) is 5.14. The lowest BCUT2D eigenvalue weighted by Crippen LogP contribution is -2.21. The number of para-hydroxylation sites is 1. The van der Waals surface area contributed by atoms with E-state index in [-0.39, 0.29) is 17.6 Å². The van der Waals surface area contributed by atoms with Crippen molar-refractivity contribution >= 4 is 23.0 Å². The largest absolute Gasteiger partial charge is 0.497 e. The minimum absolute atomic E-state index is 0.0778. The molecule has 0 spiro atoms. The second-order valence-corrected chi connectivity index (χ2v) is 7.30. The molecular weight excluding hydrogens is 436 g/mol. The summed E-state index contributed by atoms with van der Waals surface area (Å²) in [6.07, 6.45) is 2.88. The maximum absolute atomic E-state index is 13.0. The SMILES string of the molecule is CCOC(=O)c1cn(-c2ccccc2)c2nc(NCc3cc(OC)cc(OC)c3)ncc2c1=O. The zero-order valence-corrected chi connectivity index (χ0v) is 19.1. The van der Waals surface area contributed by atoms with Crippen LogP contribution >= 0.6 is 0 Å². The van der Waals surface area contributed by atoms with E-state index in [1.165, 1.54) is 12.4 Å². The van der Waals surface area contributed by atoms with Crippen LogP contribution in [0.15, 0.2) is 65.7 Å². The Morgan fingerprint density at radius 2 is 1.76 bits per heavy atom. The quantitative estimate of drug-likeness (QED) is 0.398. The van der Waals surface area contributed by atoms with Crippen LogP contribution in [-0.4, -0.2) is 41.3 Å². The van der Waals surface area contributed by atoms with Gasteiger partial charge in [-0.15, -0.1) is 0 Å². The summed E-state index contributed by atoms with van der Waals surface area (Å²) in [7, 11) is 3.18. The van der Waals surface area contributed by atoms with Gasteiger partial charge in [0.05, 0.1) is 26.2 Å². The summed E-state index contributed by atoms with van der Waals surface area (Å²) >= 11 is 0. The minimum Gasteiger partial charge on any atom is -0.497 e. The van der Waals surface area contributed by atoms with Gasteiger partial charge in [0, 0.05) is 30.7 Å². The van der Waals surface area contributed by atoms with Crippen LogP contribution < -0.4 is 20.2 Å². The van der Waals surface area contributed by atoms with Crippen molar-refractivity contribution in [1.29, 1.82) is 0 Å². The summed E-state index contributed by atoms with van der Waals surface area (Å²) in [5.41, 5.74) is 1.44. The van der Waals surface area contributed by atoms with E-state index in [9.17, 15) is 9.59 Å². The molecule has 4 rings (SSSR count). The third kappa shape index (κ3) is 4.68. The van der Waals surface area contributed by atoms with Crippen LogP contribution in [0.5, 0.6) is 11.5 Å². The average molecular weight is 460 g/mol. The monoisotopic (exact) mass is 460 g/mol. The molecule has 0 fully saturated rings. The smallest absolute Gasteiger partial charge is 0.343 e. The Bertz CT molecular complexity index is 1360. The molecule has 0 unspecified atom stereocenters. The number of hydrogen-bond donors (Lipinski definition) is 1. The van der Waals surface area contributed by atoms with E-state index >= 15 is 0 Å². The number of fused-ring (bicyclic) bond motifs is 1. The Labute approximate surface area is 195 Å². The summed E-state index contributed by atoms with van der Waals surface area (Å²) in [5.74, 6) is 0.968. The molecule has 4 aromatic rings. The van der Waals surface area contributed by atoms with Gasteiger partial charge in [0.1, 0.15) is 17.1 Å². The third-order valence-electron chi connectivity index (χ3n) is 5.14. The van der Waals surface area contributed by atoms with Crippen LogP contribution in [0.25, 0.3) is 16.7 Å². The van der Waals surface area contributed by atoms with Crippen LogP contribution in [0, 0.1) is 0 Å². The van der Waals surface area contributed by atoms with Gasteiger partial charge >= 0.3 is 5.97 Å². The zero-order valence-electron chi connectivity index (χ0n) is 19.1. The maximum atomic E-state index is 13.0. The number of nitrogens with zero attached hydrogens (tertiary/aromatic N) is 3. The van der Waals surface area contributed by atoms with Gasteiger partial charge in [-0.2, -0.15) is 4.98 Å². The van der Waals surface area contributed by atoms with Crippen molar-refractivity contribution in [1.82, 2.24) is 14.5 Å². The van der Waals surface area contributed by atoms with E-state index in [2.05, 4.69) is 15.3 Å². The van der Waals surface area contributed by atoms with Gasteiger partial charge < -0.3 is 24.1 Å². The number of carbonyl (C=O) groups is 1. The first-order chi connectivity index (χ1) is 16.5. The lowest BCUT2D eigenvalue weighted by atomic mass is 10.2. The molecule has 0 aliphatic heterocycles. The van der Waals surface area contributed by atoms with Gasteiger partial charge in [0.15, 0.2) is 5.65 Å². The van der Waals surface area contributed by atoms with Crippen LogP contribution in [0.3, 0.4) is 0 Å². The van der Waals surface area contributed by atoms with Crippen LogP contribution in [-0.2, 0) is 11.3 Å². The van der Waals surface area contributed by atoms with Crippen molar-refractivity contribution in [3.05, 3.63) is 82.3 Å². The van der Waals surface area contributed by atoms with Gasteiger partial charge in [-0.3, -0.25) is 4.79 Å². The van der Waals surface area contributed by atoms with Crippen LogP contribution in [0.2, 0.25) is 0 Å². The molecule has 0 aliphatic carbocycles. The number of nitrogens with one attached hydrogen (secondary N) is 1. The number of esters is 1. The van der Waals surface area contributed by atoms with Crippen molar-refractivity contribution in [2.75, 3.05) is 26.1 Å². The van der Waals surface area contributed by atoms with E-state index < -0.39 is 11.4 Å². The van der Waals surface area contributed by atoms with Crippen molar-refractivity contribution in [3.8, 4) is 17.2 Å². The Balaban J connectivity index is 1.76. The number of anilines is 1. The van der Waals surface area contributed by atoms with Crippen molar-refractivity contribution in [2.24, 2.45) is 0 Å². The van der Waals surface area contributed by atoms with Gasteiger partial charge in [-0.25, -0.2) is 9.78 Å². The Hall–Kier alpha value is -4.40. The predicted octanol–water partition coefficient (Wildman–Crippen LogP) is 3.59. The highest BCUT2D eigenvalue weighted by atomic mass is 16.5. The van der Waals surface area contributed by atoms with E-state index in [0.29, 0.717) is 29.6 Å². The van der Waals surface area contributed by atoms with Gasteiger partial charge in [0.25, 0.3) is 0 Å². The van der Waals surface area contributed by atoms with Crippen molar-refractivity contribution in [2.45, 2.75) is 13.5 Å². The Morgan fingerprint density at radius 1 is 1.06 bits per heavy atom. The number of benzene rings is 2. The number of carbonyl (C=O) groups excluding carboxylic acids is 1. The molecule has 2 heterocycles. The number of pyridine rings is 1. The fraction of sp³-hybridized carbons (Fsp3) is 0.200. The first kappa shape index (κ1) is 22.8. The highest BCUT2D eigenvalue weighted by Gasteiger charge is 2.19. The number of ether oxygens (including phenoxy) is 3. The summed E-state index contributed by atoms with van der Waals surface area (Å²) in [6, 6.07) is 14.9. The first-order valence-electron chi connectivity index (χ1n) is 10.6. The Morgan fingerprint density at radius 3 is 2.41 bits per heavy atom. The molecule has 0 radical (unpaired) electrons. The molecule has 174 valence electrons. The molecule has 0 atom stereocenters.